The van der Waals surface area contributed by atoms with Crippen molar-refractivity contribution in [3.05, 3.63) is 64.8 Å². The molecule has 0 aliphatic carbocycles. The van der Waals surface area contributed by atoms with Crippen molar-refractivity contribution >= 4 is 28.2 Å². The molecule has 0 unspecified atom stereocenters. The second-order valence-electron chi connectivity index (χ2n) is 6.29. The van der Waals surface area contributed by atoms with Crippen molar-refractivity contribution in [3.8, 4) is 0 Å². The van der Waals surface area contributed by atoms with E-state index in [-0.39, 0.29) is 5.97 Å². The highest BCUT2D eigenvalue weighted by molar-refractivity contribution is 5.98. The van der Waals surface area contributed by atoms with Gasteiger partial charge in [0, 0.05) is 24.7 Å². The number of aryl methyl sites for hydroxylation is 3. The van der Waals surface area contributed by atoms with Crippen LogP contribution in [0.2, 0.25) is 0 Å². The van der Waals surface area contributed by atoms with Crippen LogP contribution in [0.25, 0.3) is 10.9 Å². The lowest BCUT2D eigenvalue weighted by molar-refractivity contribution is -0.354. The van der Waals surface area contributed by atoms with E-state index in [0.717, 1.165) is 28.0 Å². The quantitative estimate of drug-likeness (QED) is 0.714. The van der Waals surface area contributed by atoms with Gasteiger partial charge in [0.25, 0.3) is 0 Å². The standard InChI is InChI=1S/C21H22N2O2/c1-5-25-21(24)16-7-9-19-17(12-16)20(11-15(4)22-19)23-18-8-6-13(2)10-14(18)3/h6-12H,5H2,1-4H3,(H,22,23)/p+1. The van der Waals surface area contributed by atoms with Crippen LogP contribution in [0.15, 0.2) is 42.5 Å². The van der Waals surface area contributed by atoms with E-state index in [1.807, 2.05) is 26.0 Å². The van der Waals surface area contributed by atoms with Gasteiger partial charge in [-0.15, -0.1) is 0 Å². The molecule has 1 heterocycles. The Morgan fingerprint density at radius 2 is 1.84 bits per heavy atom. The maximum atomic E-state index is 12.1. The number of ether oxygens (including phenoxy) is 1. The zero-order valence-electron chi connectivity index (χ0n) is 15.1. The predicted octanol–water partition coefficient (Wildman–Crippen LogP) is 4.50. The van der Waals surface area contributed by atoms with Gasteiger partial charge in [0.2, 0.25) is 5.52 Å². The maximum absolute atomic E-state index is 12.1. The minimum Gasteiger partial charge on any atom is -0.462 e. The van der Waals surface area contributed by atoms with Crippen molar-refractivity contribution < 1.29 is 14.5 Å². The normalized spacial score (nSPS) is 10.7. The molecule has 0 saturated carbocycles. The summed E-state index contributed by atoms with van der Waals surface area (Å²) in [5.41, 5.74) is 7.00. The molecule has 0 atom stereocenters. The monoisotopic (exact) mass is 335 g/mol. The zero-order chi connectivity index (χ0) is 18.0. The summed E-state index contributed by atoms with van der Waals surface area (Å²) < 4.78 is 5.12. The van der Waals surface area contributed by atoms with Crippen LogP contribution in [0.3, 0.4) is 0 Å². The SMILES string of the molecule is CCOC(=O)c1ccc2[nH+]c(C)cc(Nc3ccc(C)cc3C)c2c1. The molecule has 3 aromatic rings. The first-order valence-electron chi connectivity index (χ1n) is 8.46. The fraction of sp³-hybridized carbons (Fsp3) is 0.238. The molecular weight excluding hydrogens is 312 g/mol. The van der Waals surface area contributed by atoms with E-state index < -0.39 is 0 Å². The maximum Gasteiger partial charge on any atom is 0.338 e. The second kappa shape index (κ2) is 6.93. The summed E-state index contributed by atoms with van der Waals surface area (Å²) >= 11 is 0. The summed E-state index contributed by atoms with van der Waals surface area (Å²) in [5.74, 6) is -0.303. The Labute approximate surface area is 147 Å². The number of rotatable bonds is 4. The van der Waals surface area contributed by atoms with Crippen LogP contribution in [0.1, 0.15) is 34.1 Å². The third kappa shape index (κ3) is 3.63. The van der Waals surface area contributed by atoms with Crippen molar-refractivity contribution in [2.75, 3.05) is 11.9 Å². The van der Waals surface area contributed by atoms with Gasteiger partial charge in [-0.1, -0.05) is 17.7 Å². The van der Waals surface area contributed by atoms with Crippen LogP contribution in [0, 0.1) is 20.8 Å². The number of aromatic amines is 1. The Morgan fingerprint density at radius 1 is 1.04 bits per heavy atom. The summed E-state index contributed by atoms with van der Waals surface area (Å²) in [6.07, 6.45) is 0. The van der Waals surface area contributed by atoms with Crippen molar-refractivity contribution in [2.24, 2.45) is 0 Å². The molecule has 0 amide bonds. The third-order valence-corrected chi connectivity index (χ3v) is 4.16. The van der Waals surface area contributed by atoms with Crippen LogP contribution >= 0.6 is 0 Å². The molecule has 0 bridgehead atoms. The number of aromatic nitrogens is 1. The van der Waals surface area contributed by atoms with Gasteiger partial charge < -0.3 is 10.1 Å². The number of carbonyl (C=O) groups is 1. The number of anilines is 2. The second-order valence-corrected chi connectivity index (χ2v) is 6.29. The highest BCUT2D eigenvalue weighted by atomic mass is 16.5. The van der Waals surface area contributed by atoms with Crippen LogP contribution in [-0.4, -0.2) is 12.6 Å². The van der Waals surface area contributed by atoms with Crippen molar-refractivity contribution in [1.82, 2.24) is 0 Å². The first kappa shape index (κ1) is 17.0. The number of carbonyl (C=O) groups excluding carboxylic acids is 1. The first-order valence-corrected chi connectivity index (χ1v) is 8.46. The van der Waals surface area contributed by atoms with E-state index in [4.69, 9.17) is 4.74 Å². The number of fused-ring (bicyclic) bond motifs is 1. The number of esters is 1. The molecular formula is C21H23N2O2+. The molecule has 0 aliphatic heterocycles. The van der Waals surface area contributed by atoms with E-state index >= 15 is 0 Å². The summed E-state index contributed by atoms with van der Waals surface area (Å²) in [4.78, 5) is 15.4. The molecule has 0 spiro atoms. The van der Waals surface area contributed by atoms with Crippen LogP contribution < -0.4 is 10.3 Å². The fourth-order valence-corrected chi connectivity index (χ4v) is 2.96. The average molecular weight is 335 g/mol. The van der Waals surface area contributed by atoms with Gasteiger partial charge >= 0.3 is 5.97 Å². The summed E-state index contributed by atoms with van der Waals surface area (Å²) in [5, 5.41) is 4.46. The van der Waals surface area contributed by atoms with Gasteiger partial charge in [-0.3, -0.25) is 0 Å². The molecule has 0 saturated heterocycles. The minimum absolute atomic E-state index is 0.303. The third-order valence-electron chi connectivity index (χ3n) is 4.16. The number of nitrogens with one attached hydrogen (secondary N) is 2. The fourth-order valence-electron chi connectivity index (χ4n) is 2.96. The van der Waals surface area contributed by atoms with Gasteiger partial charge in [-0.2, -0.15) is 0 Å². The Morgan fingerprint density at radius 3 is 2.56 bits per heavy atom. The first-order chi connectivity index (χ1) is 12.0. The molecule has 4 heteroatoms. The molecule has 0 fully saturated rings. The van der Waals surface area contributed by atoms with Crippen molar-refractivity contribution in [1.29, 1.82) is 0 Å². The molecule has 3 rings (SSSR count). The summed E-state index contributed by atoms with van der Waals surface area (Å²) in [6, 6.07) is 13.9. The van der Waals surface area contributed by atoms with Gasteiger partial charge in [0.1, 0.15) is 0 Å². The van der Waals surface area contributed by atoms with Gasteiger partial charge in [-0.25, -0.2) is 9.78 Å². The molecule has 4 nitrogen and oxygen atoms in total. The average Bonchev–Trinajstić information content (AvgIpc) is 2.57. The Balaban J connectivity index is 2.09. The lowest BCUT2D eigenvalue weighted by Gasteiger charge is -2.12. The van der Waals surface area contributed by atoms with Crippen molar-refractivity contribution in [3.63, 3.8) is 0 Å². The summed E-state index contributed by atoms with van der Waals surface area (Å²) in [6.45, 7) is 8.36. The Kier molecular flexibility index (Phi) is 4.70. The summed E-state index contributed by atoms with van der Waals surface area (Å²) in [7, 11) is 0. The van der Waals surface area contributed by atoms with Gasteiger partial charge in [-0.05, 0) is 44.5 Å². The minimum atomic E-state index is -0.303. The van der Waals surface area contributed by atoms with E-state index in [2.05, 4.69) is 48.4 Å². The lowest BCUT2D eigenvalue weighted by Crippen LogP contribution is -2.11. The van der Waals surface area contributed by atoms with E-state index in [1.54, 1.807) is 6.07 Å². The number of hydrogen-bond donors (Lipinski definition) is 1. The molecule has 2 N–H and O–H groups in total. The molecule has 2 aromatic carbocycles. The predicted molar refractivity (Wildman–Crippen MR) is 100 cm³/mol. The molecule has 0 radical (unpaired) electrons. The van der Waals surface area contributed by atoms with Crippen LogP contribution in [-0.2, 0) is 4.74 Å². The highest BCUT2D eigenvalue weighted by Crippen LogP contribution is 2.28. The highest BCUT2D eigenvalue weighted by Gasteiger charge is 2.14. The topological polar surface area (TPSA) is 52.5 Å². The van der Waals surface area contributed by atoms with E-state index in [9.17, 15) is 4.79 Å². The number of benzene rings is 2. The number of hydrogen-bond acceptors (Lipinski definition) is 3. The molecule has 1 aromatic heterocycles. The van der Waals surface area contributed by atoms with E-state index in [1.165, 1.54) is 11.1 Å². The molecule has 0 aliphatic rings. The lowest BCUT2D eigenvalue weighted by atomic mass is 10.1. The van der Waals surface area contributed by atoms with Crippen LogP contribution in [0.4, 0.5) is 11.4 Å². The van der Waals surface area contributed by atoms with Gasteiger partial charge in [0.15, 0.2) is 5.69 Å². The largest absolute Gasteiger partial charge is 0.462 e. The smallest absolute Gasteiger partial charge is 0.338 e. The Hall–Kier alpha value is -2.88. The zero-order valence-corrected chi connectivity index (χ0v) is 15.1. The van der Waals surface area contributed by atoms with Crippen LogP contribution in [0.5, 0.6) is 0 Å². The number of H-pyrrole nitrogens is 1. The molecule has 128 valence electrons. The molecule has 25 heavy (non-hydrogen) atoms. The van der Waals surface area contributed by atoms with E-state index in [0.29, 0.717) is 12.2 Å². The van der Waals surface area contributed by atoms with Gasteiger partial charge in [0.05, 0.1) is 23.2 Å². The number of pyridine rings is 1. The van der Waals surface area contributed by atoms with Crippen molar-refractivity contribution in [2.45, 2.75) is 27.7 Å². The Bertz CT molecular complexity index is 948.